The van der Waals surface area contributed by atoms with Gasteiger partial charge in [-0.15, -0.1) is 0 Å². The van der Waals surface area contributed by atoms with Gasteiger partial charge in [0.05, 0.1) is 25.8 Å². The van der Waals surface area contributed by atoms with Gasteiger partial charge in [-0.1, -0.05) is 12.1 Å². The second-order valence-electron chi connectivity index (χ2n) is 5.00. The number of carbonyl (C=O) groups is 3. The third kappa shape index (κ3) is 3.83. The minimum absolute atomic E-state index is 0.202. The van der Waals surface area contributed by atoms with Gasteiger partial charge in [0.2, 0.25) is 0 Å². The lowest BCUT2D eigenvalue weighted by Crippen LogP contribution is -2.45. The smallest absolute Gasteiger partial charge is 0.343 e. The Morgan fingerprint density at radius 3 is 2.38 bits per heavy atom. The molecule has 0 spiro atoms. The number of urea groups is 1. The number of rotatable bonds is 5. The predicted molar refractivity (Wildman–Crippen MR) is 83.1 cm³/mol. The van der Waals surface area contributed by atoms with Crippen molar-refractivity contribution in [1.29, 1.82) is 0 Å². The number of ether oxygens (including phenoxy) is 3. The Hall–Kier alpha value is -3.03. The summed E-state index contributed by atoms with van der Waals surface area (Å²) in [5, 5.41) is 5.23. The van der Waals surface area contributed by atoms with E-state index in [1.807, 2.05) is 0 Å². The zero-order valence-corrected chi connectivity index (χ0v) is 13.5. The van der Waals surface area contributed by atoms with Gasteiger partial charge in [0.25, 0.3) is 0 Å². The van der Waals surface area contributed by atoms with Gasteiger partial charge in [-0.25, -0.2) is 14.4 Å². The number of esters is 2. The Bertz CT molecular complexity index is 680. The fraction of sp³-hybridized carbons (Fsp3) is 0.312. The van der Waals surface area contributed by atoms with Crippen molar-refractivity contribution < 1.29 is 28.6 Å². The predicted octanol–water partition coefficient (Wildman–Crippen LogP) is 1.04. The molecule has 0 radical (unpaired) electrons. The molecule has 2 N–H and O–H groups in total. The fourth-order valence-electron chi connectivity index (χ4n) is 2.28. The molecule has 1 aromatic carbocycles. The summed E-state index contributed by atoms with van der Waals surface area (Å²) >= 11 is 0. The average molecular weight is 334 g/mol. The van der Waals surface area contributed by atoms with Gasteiger partial charge in [0.15, 0.2) is 6.61 Å². The second-order valence-corrected chi connectivity index (χ2v) is 5.00. The van der Waals surface area contributed by atoms with Crippen molar-refractivity contribution in [3.05, 3.63) is 41.1 Å². The van der Waals surface area contributed by atoms with E-state index in [-0.39, 0.29) is 6.61 Å². The zero-order valence-electron chi connectivity index (χ0n) is 13.5. The van der Waals surface area contributed by atoms with Crippen LogP contribution in [0.25, 0.3) is 0 Å². The molecular weight excluding hydrogens is 316 g/mol. The first-order valence-electron chi connectivity index (χ1n) is 7.12. The lowest BCUT2D eigenvalue weighted by Gasteiger charge is -2.27. The summed E-state index contributed by atoms with van der Waals surface area (Å²) < 4.78 is 14.5. The van der Waals surface area contributed by atoms with E-state index in [0.29, 0.717) is 22.6 Å². The summed E-state index contributed by atoms with van der Waals surface area (Å²) in [4.78, 5) is 34.8. The molecule has 1 heterocycles. The standard InChI is InChI=1S/C16H18N2O6/c1-9-13(15(20)23-3)14(18-16(21)17-9)10-4-6-11(7-5-10)24-8-12(19)22-2/h4-7,14H,8H2,1-3H3,(H2,17,18,21). The molecule has 0 saturated carbocycles. The van der Waals surface area contributed by atoms with Crippen molar-refractivity contribution in [1.82, 2.24) is 10.6 Å². The summed E-state index contributed by atoms with van der Waals surface area (Å²) in [6.45, 7) is 1.43. The van der Waals surface area contributed by atoms with Crippen LogP contribution >= 0.6 is 0 Å². The lowest BCUT2D eigenvalue weighted by atomic mass is 9.95. The van der Waals surface area contributed by atoms with E-state index in [1.165, 1.54) is 14.2 Å². The molecule has 8 nitrogen and oxygen atoms in total. The van der Waals surface area contributed by atoms with E-state index in [2.05, 4.69) is 15.4 Å². The molecule has 0 bridgehead atoms. The van der Waals surface area contributed by atoms with Gasteiger partial charge in [-0.3, -0.25) is 0 Å². The molecule has 1 atom stereocenters. The van der Waals surface area contributed by atoms with E-state index in [1.54, 1.807) is 31.2 Å². The fourth-order valence-corrected chi connectivity index (χ4v) is 2.28. The molecule has 1 aliphatic rings. The van der Waals surface area contributed by atoms with Crippen molar-refractivity contribution in [3.63, 3.8) is 0 Å². The van der Waals surface area contributed by atoms with E-state index >= 15 is 0 Å². The highest BCUT2D eigenvalue weighted by Gasteiger charge is 2.31. The highest BCUT2D eigenvalue weighted by molar-refractivity contribution is 5.94. The number of nitrogens with one attached hydrogen (secondary N) is 2. The molecule has 0 aromatic heterocycles. The lowest BCUT2D eigenvalue weighted by molar-refractivity contribution is -0.143. The van der Waals surface area contributed by atoms with E-state index in [0.717, 1.165) is 0 Å². The highest BCUT2D eigenvalue weighted by atomic mass is 16.6. The first-order chi connectivity index (χ1) is 11.5. The van der Waals surface area contributed by atoms with Crippen LogP contribution in [0.4, 0.5) is 4.79 Å². The van der Waals surface area contributed by atoms with E-state index in [4.69, 9.17) is 9.47 Å². The molecule has 0 fully saturated rings. The summed E-state index contributed by atoms with van der Waals surface area (Å²) in [7, 11) is 2.55. The molecule has 2 amide bonds. The molecule has 24 heavy (non-hydrogen) atoms. The molecule has 1 aromatic rings. The third-order valence-corrected chi connectivity index (χ3v) is 3.47. The molecular formula is C16H18N2O6. The van der Waals surface area contributed by atoms with Gasteiger partial charge in [-0.2, -0.15) is 0 Å². The van der Waals surface area contributed by atoms with E-state index in [9.17, 15) is 14.4 Å². The quantitative estimate of drug-likeness (QED) is 0.780. The van der Waals surface area contributed by atoms with Crippen LogP contribution in [0, 0.1) is 0 Å². The largest absolute Gasteiger partial charge is 0.482 e. The SMILES string of the molecule is COC(=O)COc1ccc(C2NC(=O)NC(C)=C2C(=O)OC)cc1. The van der Waals surface area contributed by atoms with Gasteiger partial charge in [-0.05, 0) is 24.6 Å². The van der Waals surface area contributed by atoms with Crippen LogP contribution in [0.5, 0.6) is 5.75 Å². The monoisotopic (exact) mass is 334 g/mol. The zero-order chi connectivity index (χ0) is 17.7. The van der Waals surface area contributed by atoms with Crippen molar-refractivity contribution in [2.45, 2.75) is 13.0 Å². The summed E-state index contributed by atoms with van der Waals surface area (Å²) in [6, 6.07) is 5.61. The number of allylic oxidation sites excluding steroid dienone is 1. The summed E-state index contributed by atoms with van der Waals surface area (Å²) in [5.41, 5.74) is 1.43. The van der Waals surface area contributed by atoms with Gasteiger partial charge < -0.3 is 24.8 Å². The third-order valence-electron chi connectivity index (χ3n) is 3.47. The molecule has 8 heteroatoms. The Labute approximate surface area is 138 Å². The van der Waals surface area contributed by atoms with E-state index < -0.39 is 24.0 Å². The van der Waals surface area contributed by atoms with Crippen molar-refractivity contribution in [2.24, 2.45) is 0 Å². The maximum atomic E-state index is 12.0. The van der Waals surface area contributed by atoms with Crippen molar-refractivity contribution >= 4 is 18.0 Å². The molecule has 2 rings (SSSR count). The minimum Gasteiger partial charge on any atom is -0.482 e. The number of methoxy groups -OCH3 is 2. The first-order valence-corrected chi connectivity index (χ1v) is 7.12. The van der Waals surface area contributed by atoms with Crippen LogP contribution in [0.15, 0.2) is 35.5 Å². The highest BCUT2D eigenvalue weighted by Crippen LogP contribution is 2.28. The van der Waals surface area contributed by atoms with Crippen molar-refractivity contribution in [2.75, 3.05) is 20.8 Å². The summed E-state index contributed by atoms with van der Waals surface area (Å²) in [6.07, 6.45) is 0. The maximum Gasteiger partial charge on any atom is 0.343 e. The topological polar surface area (TPSA) is 103 Å². The van der Waals surface area contributed by atoms with Gasteiger partial charge >= 0.3 is 18.0 Å². The van der Waals surface area contributed by atoms with Crippen LogP contribution in [0.1, 0.15) is 18.5 Å². The van der Waals surface area contributed by atoms with Crippen LogP contribution in [-0.2, 0) is 19.1 Å². The Balaban J connectivity index is 2.22. The number of hydrogen-bond donors (Lipinski definition) is 2. The molecule has 1 aliphatic heterocycles. The average Bonchev–Trinajstić information content (AvgIpc) is 2.58. The Kier molecular flexibility index (Phi) is 5.41. The number of carbonyl (C=O) groups excluding carboxylic acids is 3. The maximum absolute atomic E-state index is 12.0. The van der Waals surface area contributed by atoms with Gasteiger partial charge in [0, 0.05) is 5.70 Å². The number of benzene rings is 1. The molecule has 0 saturated heterocycles. The number of hydrogen-bond acceptors (Lipinski definition) is 6. The van der Waals surface area contributed by atoms with Crippen LogP contribution in [0.2, 0.25) is 0 Å². The minimum atomic E-state index is -0.638. The Morgan fingerprint density at radius 2 is 1.79 bits per heavy atom. The molecule has 1 unspecified atom stereocenters. The normalized spacial score (nSPS) is 16.8. The summed E-state index contributed by atoms with van der Waals surface area (Å²) in [5.74, 6) is -0.558. The van der Waals surface area contributed by atoms with Crippen molar-refractivity contribution in [3.8, 4) is 5.75 Å². The van der Waals surface area contributed by atoms with Crippen LogP contribution in [0.3, 0.4) is 0 Å². The molecule has 0 aliphatic carbocycles. The second kappa shape index (κ2) is 7.49. The molecule has 128 valence electrons. The van der Waals surface area contributed by atoms with Crippen LogP contribution < -0.4 is 15.4 Å². The Morgan fingerprint density at radius 1 is 1.12 bits per heavy atom. The van der Waals surface area contributed by atoms with Crippen LogP contribution in [-0.4, -0.2) is 38.8 Å². The first kappa shape index (κ1) is 17.3. The van der Waals surface area contributed by atoms with Gasteiger partial charge in [0.1, 0.15) is 5.75 Å². The number of amides is 2.